The van der Waals surface area contributed by atoms with Crippen molar-refractivity contribution in [1.29, 1.82) is 0 Å². The molecule has 0 spiro atoms. The third-order valence-corrected chi connectivity index (χ3v) is 7.66. The number of nitrogens with one attached hydrogen (secondary N) is 1. The molecule has 47 heavy (non-hydrogen) atoms. The predicted octanol–water partition coefficient (Wildman–Crippen LogP) is 6.37. The fourth-order valence-electron chi connectivity index (χ4n) is 5.46. The Hall–Kier alpha value is -6.27. The van der Waals surface area contributed by atoms with Gasteiger partial charge in [0.1, 0.15) is 29.0 Å². The maximum atomic E-state index is 13.6. The number of halogens is 1. The fourth-order valence-corrected chi connectivity index (χ4v) is 5.46. The van der Waals surface area contributed by atoms with Crippen LogP contribution in [0.25, 0.3) is 39.2 Å². The summed E-state index contributed by atoms with van der Waals surface area (Å²) in [6.45, 7) is 1.72. The number of nitrogens with two attached hydrogens (primary N) is 1. The molecule has 0 amide bonds. The molecule has 0 aliphatic carbocycles. The summed E-state index contributed by atoms with van der Waals surface area (Å²) in [5.41, 5.74) is 10.6. The molecule has 4 aromatic heterocycles. The van der Waals surface area contributed by atoms with Gasteiger partial charge in [-0.05, 0) is 84.8 Å². The second-order valence-electron chi connectivity index (χ2n) is 10.9. The Labute approximate surface area is 267 Å². The number of aromatic nitrogens is 5. The molecule has 1 unspecified atom stereocenters. The van der Waals surface area contributed by atoms with Crippen LogP contribution in [-0.4, -0.2) is 29.4 Å². The van der Waals surface area contributed by atoms with Crippen LogP contribution in [0.3, 0.4) is 0 Å². The minimum absolute atomic E-state index is 0.124. The predicted molar refractivity (Wildman–Crippen MR) is 176 cm³/mol. The number of pyridine rings is 1. The van der Waals surface area contributed by atoms with Crippen LogP contribution in [0.5, 0.6) is 11.6 Å². The highest BCUT2D eigenvalue weighted by atomic mass is 19.1. The second-order valence-corrected chi connectivity index (χ2v) is 10.9. The van der Waals surface area contributed by atoms with E-state index in [-0.39, 0.29) is 11.4 Å². The highest BCUT2D eigenvalue weighted by molar-refractivity contribution is 6.03. The number of aryl methyl sites for hydroxylation is 2. The number of hydrogen-bond acceptors (Lipinski definition) is 9. The number of benzene rings is 3. The molecule has 0 radical (unpaired) electrons. The second kappa shape index (κ2) is 11.9. The van der Waals surface area contributed by atoms with E-state index in [1.54, 1.807) is 60.4 Å². The van der Waals surface area contributed by atoms with Crippen LogP contribution >= 0.6 is 0 Å². The largest absolute Gasteiger partial charge is 0.438 e. The van der Waals surface area contributed by atoms with Crippen LogP contribution in [0.4, 0.5) is 15.8 Å². The van der Waals surface area contributed by atoms with E-state index in [0.717, 1.165) is 11.1 Å². The average Bonchev–Trinajstić information content (AvgIpc) is 3.66. The molecular weight excluding hydrogens is 601 g/mol. The summed E-state index contributed by atoms with van der Waals surface area (Å²) in [6.07, 6.45) is 5.17. The first-order valence-corrected chi connectivity index (χ1v) is 14.6. The monoisotopic (exact) mass is 629 g/mol. The lowest BCUT2D eigenvalue weighted by Gasteiger charge is -2.17. The van der Waals surface area contributed by atoms with Crippen LogP contribution in [-0.2, 0) is 7.05 Å². The van der Waals surface area contributed by atoms with Gasteiger partial charge >= 0.3 is 0 Å². The number of ether oxygens (including phenoxy) is 1. The lowest BCUT2D eigenvalue weighted by atomic mass is 10.0. The number of nitrogen functional groups attached to an aromatic ring is 1. The van der Waals surface area contributed by atoms with Gasteiger partial charge in [-0.2, -0.15) is 5.10 Å². The Kier molecular flexibility index (Phi) is 7.46. The fraction of sp³-hybridized carbons (Fsp3) is 0.0857. The molecule has 0 aliphatic heterocycles. The van der Waals surface area contributed by atoms with Gasteiger partial charge in [0.05, 0.1) is 23.0 Å². The topological polar surface area (TPSA) is 146 Å². The Morgan fingerprint density at radius 1 is 1.02 bits per heavy atom. The molecule has 3 aromatic carbocycles. The number of hydrogen-bond donors (Lipinski definition) is 3. The molecule has 0 aliphatic rings. The number of rotatable bonds is 8. The normalized spacial score (nSPS) is 11.9. The van der Waals surface area contributed by atoms with Crippen molar-refractivity contribution in [3.8, 4) is 39.8 Å². The van der Waals surface area contributed by atoms with Gasteiger partial charge in [-0.25, -0.2) is 14.4 Å². The molecule has 7 rings (SSSR count). The van der Waals surface area contributed by atoms with Gasteiger partial charge < -0.3 is 25.3 Å². The Morgan fingerprint density at radius 2 is 1.85 bits per heavy atom. The quantitative estimate of drug-likeness (QED) is 0.129. The van der Waals surface area contributed by atoms with Crippen molar-refractivity contribution in [2.75, 3.05) is 11.1 Å². The molecule has 234 valence electrons. The van der Waals surface area contributed by atoms with E-state index in [9.17, 15) is 14.3 Å². The number of anilines is 2. The first-order valence-electron chi connectivity index (χ1n) is 14.6. The van der Waals surface area contributed by atoms with Crippen molar-refractivity contribution in [3.63, 3.8) is 0 Å². The lowest BCUT2D eigenvalue weighted by molar-refractivity contribution is 0.206. The third-order valence-electron chi connectivity index (χ3n) is 7.66. The number of nitrogens with zero attached hydrogens (tertiary/aromatic N) is 5. The van der Waals surface area contributed by atoms with Gasteiger partial charge in [-0.1, -0.05) is 12.1 Å². The van der Waals surface area contributed by atoms with E-state index in [2.05, 4.69) is 20.4 Å². The number of furan rings is 1. The van der Waals surface area contributed by atoms with Crippen molar-refractivity contribution in [1.82, 2.24) is 24.3 Å². The maximum Gasteiger partial charge on any atom is 0.262 e. The van der Waals surface area contributed by atoms with Crippen molar-refractivity contribution >= 4 is 22.5 Å². The van der Waals surface area contributed by atoms with E-state index >= 15 is 0 Å². The summed E-state index contributed by atoms with van der Waals surface area (Å²) >= 11 is 0. The molecule has 7 aromatic rings. The van der Waals surface area contributed by atoms with Gasteiger partial charge in [0.15, 0.2) is 6.23 Å². The van der Waals surface area contributed by atoms with Crippen molar-refractivity contribution in [2.24, 2.45) is 7.05 Å². The highest BCUT2D eigenvalue weighted by Gasteiger charge is 2.24. The van der Waals surface area contributed by atoms with Gasteiger partial charge in [-0.15, -0.1) is 0 Å². The SMILES string of the molecule is Cc1cc(F)ccc1-n1cccc(C(O)Nc2ccc(Oc3ncnc4oc(-c5cnn(C)c5)c(-c5cccc(N)c5)c34)cc2)c1=O. The Balaban J connectivity index is 1.17. The van der Waals surface area contributed by atoms with Gasteiger partial charge in [0.25, 0.3) is 5.56 Å². The molecule has 0 fully saturated rings. The van der Waals surface area contributed by atoms with E-state index < -0.39 is 17.6 Å². The van der Waals surface area contributed by atoms with E-state index in [1.807, 2.05) is 31.4 Å². The highest BCUT2D eigenvalue weighted by Crippen LogP contribution is 2.44. The summed E-state index contributed by atoms with van der Waals surface area (Å²) < 4.78 is 29.2. The molecule has 1 atom stereocenters. The summed E-state index contributed by atoms with van der Waals surface area (Å²) in [5.74, 6) is 0.886. The Morgan fingerprint density at radius 3 is 2.60 bits per heavy atom. The number of fused-ring (bicyclic) bond motifs is 1. The molecule has 11 nitrogen and oxygen atoms in total. The van der Waals surface area contributed by atoms with Crippen molar-refractivity contribution in [2.45, 2.75) is 13.2 Å². The molecular formula is C35H28FN7O4. The number of aliphatic hydroxyl groups excluding tert-OH is 1. The van der Waals surface area contributed by atoms with E-state index in [1.165, 1.54) is 35.2 Å². The summed E-state index contributed by atoms with van der Waals surface area (Å²) in [4.78, 5) is 22.1. The van der Waals surface area contributed by atoms with Crippen molar-refractivity contribution < 1.29 is 18.7 Å². The minimum Gasteiger partial charge on any atom is -0.438 e. The van der Waals surface area contributed by atoms with Crippen LogP contribution in [0.15, 0.2) is 113 Å². The number of aliphatic hydroxyl groups is 1. The molecule has 4 N–H and O–H groups in total. The molecule has 12 heteroatoms. The van der Waals surface area contributed by atoms with Gasteiger partial charge in [0, 0.05) is 36.4 Å². The first-order chi connectivity index (χ1) is 22.7. The molecule has 4 heterocycles. The van der Waals surface area contributed by atoms with Crippen LogP contribution in [0.2, 0.25) is 0 Å². The summed E-state index contributed by atoms with van der Waals surface area (Å²) in [5, 5.41) is 18.8. The smallest absolute Gasteiger partial charge is 0.262 e. The summed E-state index contributed by atoms with van der Waals surface area (Å²) in [7, 11) is 1.82. The third kappa shape index (κ3) is 5.69. The van der Waals surface area contributed by atoms with Gasteiger partial charge in [0.2, 0.25) is 11.6 Å². The first kappa shape index (κ1) is 29.4. The zero-order chi connectivity index (χ0) is 32.7. The lowest BCUT2D eigenvalue weighted by Crippen LogP contribution is -2.26. The summed E-state index contributed by atoms with van der Waals surface area (Å²) in [6, 6.07) is 21.6. The zero-order valence-electron chi connectivity index (χ0n) is 25.3. The maximum absolute atomic E-state index is 13.6. The van der Waals surface area contributed by atoms with E-state index in [4.69, 9.17) is 14.9 Å². The van der Waals surface area contributed by atoms with Crippen LogP contribution in [0, 0.1) is 12.7 Å². The average molecular weight is 630 g/mol. The molecule has 0 saturated heterocycles. The minimum atomic E-state index is -1.32. The molecule has 0 saturated carbocycles. The van der Waals surface area contributed by atoms with Gasteiger partial charge in [-0.3, -0.25) is 14.0 Å². The van der Waals surface area contributed by atoms with E-state index in [0.29, 0.717) is 50.8 Å². The zero-order valence-corrected chi connectivity index (χ0v) is 25.3. The van der Waals surface area contributed by atoms with Crippen molar-refractivity contribution in [3.05, 3.63) is 131 Å². The van der Waals surface area contributed by atoms with Crippen LogP contribution in [0.1, 0.15) is 17.4 Å². The Bertz CT molecular complexity index is 2310. The standard InChI is InChI=1S/C35H28FN7O4/c1-20-15-23(36)8-13-28(20)43-14-4-7-27(35(43)45)32(44)41-25-9-11-26(12-10-25)46-33-30-29(21-5-3-6-24(37)16-21)31(22-17-40-42(2)18-22)47-34(30)39-19-38-33/h3-19,32,41,44H,37H2,1-2H3. The van der Waals surface area contributed by atoms with Crippen LogP contribution < -0.4 is 21.3 Å². The molecule has 0 bridgehead atoms.